The summed E-state index contributed by atoms with van der Waals surface area (Å²) in [6, 6.07) is 7.32. The Morgan fingerprint density at radius 2 is 1.86 bits per heavy atom. The van der Waals surface area contributed by atoms with Crippen molar-refractivity contribution in [1.82, 2.24) is 15.1 Å². The summed E-state index contributed by atoms with van der Waals surface area (Å²) in [4.78, 5) is 20.5. The van der Waals surface area contributed by atoms with Crippen LogP contribution in [-0.4, -0.2) is 61.4 Å². The highest BCUT2D eigenvalue weighted by Crippen LogP contribution is 2.17. The maximum atomic E-state index is 13.4. The average Bonchev–Trinajstić information content (AvgIpc) is 3.25. The van der Waals surface area contributed by atoms with Crippen LogP contribution in [0, 0.1) is 11.6 Å². The van der Waals surface area contributed by atoms with Crippen LogP contribution in [0.15, 0.2) is 46.0 Å². The molecule has 2 heterocycles. The Labute approximate surface area is 186 Å². The zero-order valence-electron chi connectivity index (χ0n) is 16.4. The summed E-state index contributed by atoms with van der Waals surface area (Å²) in [5.41, 5.74) is 0.718. The Balaban J connectivity index is 0.00000300. The molecule has 3 rings (SSSR count). The van der Waals surface area contributed by atoms with Gasteiger partial charge in [0.1, 0.15) is 0 Å². The van der Waals surface area contributed by atoms with Crippen LogP contribution in [0.3, 0.4) is 0 Å². The molecule has 1 unspecified atom stereocenters. The molecule has 1 N–H and O–H groups in total. The molecule has 158 valence electrons. The standard InChI is InChI=1S/C20H24F2N4O2.HI/c1-14(15-5-6-16(21)17(22)12-15)13-24-20(23-2)26-9-7-25(8-10-26)19(27)18-4-3-11-28-18;/h3-6,11-12,14H,7-10,13H2,1-2H3,(H,23,24);1H. The molecule has 1 saturated heterocycles. The second kappa shape index (κ2) is 10.6. The zero-order chi connectivity index (χ0) is 20.1. The van der Waals surface area contributed by atoms with Gasteiger partial charge in [0.2, 0.25) is 0 Å². The molecule has 1 atom stereocenters. The van der Waals surface area contributed by atoms with Gasteiger partial charge in [-0.15, -0.1) is 24.0 Å². The molecule has 0 saturated carbocycles. The van der Waals surface area contributed by atoms with Gasteiger partial charge in [-0.2, -0.15) is 0 Å². The molecular weight excluding hydrogens is 493 g/mol. The van der Waals surface area contributed by atoms with Gasteiger partial charge < -0.3 is 19.5 Å². The monoisotopic (exact) mass is 518 g/mol. The number of rotatable bonds is 4. The molecule has 1 fully saturated rings. The van der Waals surface area contributed by atoms with Crippen molar-refractivity contribution in [1.29, 1.82) is 0 Å². The third-order valence-electron chi connectivity index (χ3n) is 4.89. The van der Waals surface area contributed by atoms with Crippen molar-refractivity contribution in [3.05, 3.63) is 59.6 Å². The summed E-state index contributed by atoms with van der Waals surface area (Å²) in [7, 11) is 1.70. The molecule has 0 spiro atoms. The van der Waals surface area contributed by atoms with E-state index in [0.29, 0.717) is 38.5 Å². The third-order valence-corrected chi connectivity index (χ3v) is 4.89. The first-order chi connectivity index (χ1) is 13.5. The Morgan fingerprint density at radius 3 is 2.45 bits per heavy atom. The number of hydrogen-bond donors (Lipinski definition) is 1. The number of amides is 1. The SMILES string of the molecule is CN=C(NCC(C)c1ccc(F)c(F)c1)N1CCN(C(=O)c2ccco2)CC1.I. The highest BCUT2D eigenvalue weighted by atomic mass is 127. The van der Waals surface area contributed by atoms with Gasteiger partial charge in [-0.3, -0.25) is 9.79 Å². The highest BCUT2D eigenvalue weighted by Gasteiger charge is 2.25. The first kappa shape index (κ1) is 23.1. The second-order valence-electron chi connectivity index (χ2n) is 6.76. The van der Waals surface area contributed by atoms with Crippen LogP contribution in [-0.2, 0) is 0 Å². The minimum absolute atomic E-state index is 0. The molecule has 1 amide bonds. The Morgan fingerprint density at radius 1 is 1.17 bits per heavy atom. The molecule has 0 radical (unpaired) electrons. The largest absolute Gasteiger partial charge is 0.459 e. The van der Waals surface area contributed by atoms with Crippen LogP contribution in [0.25, 0.3) is 0 Å². The van der Waals surface area contributed by atoms with Gasteiger partial charge in [0, 0.05) is 39.8 Å². The normalized spacial score (nSPS) is 15.7. The van der Waals surface area contributed by atoms with Crippen LogP contribution in [0.1, 0.15) is 29.0 Å². The van der Waals surface area contributed by atoms with E-state index in [9.17, 15) is 13.6 Å². The topological polar surface area (TPSA) is 61.1 Å². The van der Waals surface area contributed by atoms with Gasteiger partial charge in [-0.25, -0.2) is 8.78 Å². The van der Waals surface area contributed by atoms with Gasteiger partial charge >= 0.3 is 0 Å². The number of nitrogens with one attached hydrogen (secondary N) is 1. The molecule has 2 aromatic rings. The molecule has 1 aromatic heterocycles. The number of nitrogens with zero attached hydrogens (tertiary/aromatic N) is 3. The molecule has 29 heavy (non-hydrogen) atoms. The number of benzene rings is 1. The number of halogens is 3. The van der Waals surface area contributed by atoms with Crippen LogP contribution in [0.2, 0.25) is 0 Å². The quantitative estimate of drug-likeness (QED) is 0.384. The minimum atomic E-state index is -0.846. The number of furan rings is 1. The summed E-state index contributed by atoms with van der Waals surface area (Å²) in [5, 5.41) is 3.28. The molecule has 1 aromatic carbocycles. The first-order valence-electron chi connectivity index (χ1n) is 9.23. The van der Waals surface area contributed by atoms with Crippen molar-refractivity contribution in [3.8, 4) is 0 Å². The van der Waals surface area contributed by atoms with E-state index in [-0.39, 0.29) is 35.8 Å². The Kier molecular flexibility index (Phi) is 8.42. The lowest BCUT2D eigenvalue weighted by molar-refractivity contribution is 0.0657. The molecule has 6 nitrogen and oxygen atoms in total. The van der Waals surface area contributed by atoms with E-state index in [1.54, 1.807) is 30.1 Å². The fourth-order valence-corrected chi connectivity index (χ4v) is 3.19. The average molecular weight is 518 g/mol. The van der Waals surface area contributed by atoms with Crippen LogP contribution < -0.4 is 5.32 Å². The van der Waals surface area contributed by atoms with Crippen molar-refractivity contribution >= 4 is 35.8 Å². The maximum Gasteiger partial charge on any atom is 0.289 e. The number of hydrogen-bond acceptors (Lipinski definition) is 3. The fourth-order valence-electron chi connectivity index (χ4n) is 3.19. The molecular formula is C20H25F2IN4O2. The minimum Gasteiger partial charge on any atom is -0.459 e. The second-order valence-corrected chi connectivity index (χ2v) is 6.76. The van der Waals surface area contributed by atoms with E-state index in [4.69, 9.17) is 4.42 Å². The number of guanidine groups is 1. The van der Waals surface area contributed by atoms with Crippen LogP contribution in [0.4, 0.5) is 8.78 Å². The summed E-state index contributed by atoms with van der Waals surface area (Å²) in [6.45, 7) is 4.89. The van der Waals surface area contributed by atoms with E-state index in [1.165, 1.54) is 12.3 Å². The van der Waals surface area contributed by atoms with Gasteiger partial charge in [-0.05, 0) is 35.7 Å². The highest BCUT2D eigenvalue weighted by molar-refractivity contribution is 14.0. The smallest absolute Gasteiger partial charge is 0.289 e. The van der Waals surface area contributed by atoms with Crippen LogP contribution >= 0.6 is 24.0 Å². The predicted molar refractivity (Wildman–Crippen MR) is 118 cm³/mol. The first-order valence-corrected chi connectivity index (χ1v) is 9.23. The molecule has 0 aliphatic carbocycles. The summed E-state index contributed by atoms with van der Waals surface area (Å²) < 4.78 is 31.7. The number of carbonyl (C=O) groups excluding carboxylic acids is 1. The summed E-state index contributed by atoms with van der Waals surface area (Å²) in [6.07, 6.45) is 1.49. The Bertz CT molecular complexity index is 837. The predicted octanol–water partition coefficient (Wildman–Crippen LogP) is 3.31. The van der Waals surface area contributed by atoms with E-state index in [2.05, 4.69) is 15.2 Å². The van der Waals surface area contributed by atoms with E-state index >= 15 is 0 Å². The van der Waals surface area contributed by atoms with Crippen molar-refractivity contribution < 1.29 is 18.0 Å². The van der Waals surface area contributed by atoms with Crippen molar-refractivity contribution in [3.63, 3.8) is 0 Å². The van der Waals surface area contributed by atoms with E-state index in [0.717, 1.165) is 17.6 Å². The third kappa shape index (κ3) is 5.68. The van der Waals surface area contributed by atoms with Gasteiger partial charge in [0.05, 0.1) is 6.26 Å². The number of aliphatic imine (C=N–C) groups is 1. The maximum absolute atomic E-state index is 13.4. The molecule has 1 aliphatic heterocycles. The van der Waals surface area contributed by atoms with Crippen molar-refractivity contribution in [2.75, 3.05) is 39.8 Å². The lowest BCUT2D eigenvalue weighted by atomic mass is 10.0. The summed E-state index contributed by atoms with van der Waals surface area (Å²) >= 11 is 0. The van der Waals surface area contributed by atoms with Crippen molar-refractivity contribution in [2.24, 2.45) is 4.99 Å². The number of carbonyl (C=O) groups is 1. The lowest BCUT2D eigenvalue weighted by Crippen LogP contribution is -2.54. The Hall–Kier alpha value is -2.17. The van der Waals surface area contributed by atoms with E-state index in [1.807, 2.05) is 6.92 Å². The van der Waals surface area contributed by atoms with Crippen LogP contribution in [0.5, 0.6) is 0 Å². The van der Waals surface area contributed by atoms with Gasteiger partial charge in [-0.1, -0.05) is 13.0 Å². The van der Waals surface area contributed by atoms with Gasteiger partial charge in [0.15, 0.2) is 23.4 Å². The fraction of sp³-hybridized carbons (Fsp3) is 0.400. The summed E-state index contributed by atoms with van der Waals surface area (Å²) in [5.74, 6) is -0.753. The zero-order valence-corrected chi connectivity index (χ0v) is 18.7. The van der Waals surface area contributed by atoms with Gasteiger partial charge in [0.25, 0.3) is 5.91 Å². The molecule has 1 aliphatic rings. The number of piperazine rings is 1. The van der Waals surface area contributed by atoms with Crippen molar-refractivity contribution in [2.45, 2.75) is 12.8 Å². The lowest BCUT2D eigenvalue weighted by Gasteiger charge is -2.36. The molecule has 9 heteroatoms. The molecule has 0 bridgehead atoms. The van der Waals surface area contributed by atoms with E-state index < -0.39 is 11.6 Å².